The van der Waals surface area contributed by atoms with Crippen molar-refractivity contribution >= 4 is 5.69 Å². The van der Waals surface area contributed by atoms with Crippen LogP contribution in [0, 0.1) is 16.0 Å². The highest BCUT2D eigenvalue weighted by Crippen LogP contribution is 2.36. The Kier molecular flexibility index (Phi) is 4.66. The summed E-state index contributed by atoms with van der Waals surface area (Å²) in [4.78, 5) is 10.0. The summed E-state index contributed by atoms with van der Waals surface area (Å²) in [6, 6.07) is 2.31. The maximum atomic E-state index is 12.6. The molecule has 0 aromatic heterocycles. The lowest BCUT2D eigenvalue weighted by atomic mass is 10.0. The number of ether oxygens (including phenoxy) is 1. The number of nitro benzene ring substituents is 1. The highest BCUT2D eigenvalue weighted by atomic mass is 19.4. The molecule has 2 rings (SSSR count). The van der Waals surface area contributed by atoms with Crippen LogP contribution in [0.4, 0.5) is 18.9 Å². The number of piperidine rings is 1. The number of benzene rings is 1. The zero-order valence-electron chi connectivity index (χ0n) is 11.2. The lowest BCUT2D eigenvalue weighted by Crippen LogP contribution is -2.33. The molecule has 8 heteroatoms. The summed E-state index contributed by atoms with van der Waals surface area (Å²) in [6.07, 6.45) is -2.69. The first-order valence-corrected chi connectivity index (χ1v) is 6.57. The van der Waals surface area contributed by atoms with Crippen LogP contribution in [0.25, 0.3) is 0 Å². The largest absolute Gasteiger partial charge is 0.486 e. The van der Waals surface area contributed by atoms with Crippen LogP contribution in [-0.2, 0) is 6.18 Å². The molecule has 1 fully saturated rings. The predicted molar refractivity (Wildman–Crippen MR) is 69.2 cm³/mol. The van der Waals surface area contributed by atoms with Crippen LogP contribution in [0.15, 0.2) is 18.2 Å². The number of rotatable bonds is 4. The van der Waals surface area contributed by atoms with Crippen LogP contribution in [-0.4, -0.2) is 24.6 Å². The fourth-order valence-corrected chi connectivity index (χ4v) is 2.23. The highest BCUT2D eigenvalue weighted by Gasteiger charge is 2.33. The van der Waals surface area contributed by atoms with E-state index < -0.39 is 22.4 Å². The molecule has 0 radical (unpaired) electrons. The zero-order valence-corrected chi connectivity index (χ0v) is 11.2. The van der Waals surface area contributed by atoms with E-state index in [0.29, 0.717) is 6.07 Å². The third kappa shape index (κ3) is 4.07. The molecule has 1 N–H and O–H groups in total. The van der Waals surface area contributed by atoms with E-state index in [0.717, 1.165) is 38.1 Å². The van der Waals surface area contributed by atoms with E-state index in [1.807, 2.05) is 0 Å². The first-order valence-electron chi connectivity index (χ1n) is 6.57. The van der Waals surface area contributed by atoms with E-state index >= 15 is 0 Å². The van der Waals surface area contributed by atoms with Gasteiger partial charge in [-0.3, -0.25) is 10.1 Å². The summed E-state index contributed by atoms with van der Waals surface area (Å²) < 4.78 is 43.1. The van der Waals surface area contributed by atoms with Gasteiger partial charge in [0.1, 0.15) is 0 Å². The van der Waals surface area contributed by atoms with Gasteiger partial charge in [-0.25, -0.2) is 0 Å². The Balaban J connectivity index is 2.12. The summed E-state index contributed by atoms with van der Waals surface area (Å²) in [6.45, 7) is 1.92. The molecule has 1 aliphatic rings. The fraction of sp³-hybridized carbons (Fsp3) is 0.538. The molecular formula is C13H15F3N2O3. The molecule has 1 atom stereocenters. The number of hydrogen-bond donors (Lipinski definition) is 1. The second-order valence-electron chi connectivity index (χ2n) is 4.96. The van der Waals surface area contributed by atoms with Crippen molar-refractivity contribution in [2.45, 2.75) is 19.0 Å². The lowest BCUT2D eigenvalue weighted by Gasteiger charge is -2.22. The number of nitrogens with zero attached hydrogens (tertiary/aromatic N) is 1. The minimum Gasteiger partial charge on any atom is -0.486 e. The van der Waals surface area contributed by atoms with Gasteiger partial charge >= 0.3 is 11.9 Å². The Hall–Kier alpha value is -1.83. The minimum atomic E-state index is -4.61. The topological polar surface area (TPSA) is 64.4 Å². The number of nitrogens with one attached hydrogen (secondary N) is 1. The Morgan fingerprint density at radius 3 is 2.76 bits per heavy atom. The van der Waals surface area contributed by atoms with Crippen molar-refractivity contribution in [2.24, 2.45) is 5.92 Å². The first kappa shape index (κ1) is 15.6. The van der Waals surface area contributed by atoms with Crippen molar-refractivity contribution in [2.75, 3.05) is 19.7 Å². The molecule has 0 aliphatic carbocycles. The average molecular weight is 304 g/mol. The van der Waals surface area contributed by atoms with E-state index in [2.05, 4.69) is 5.32 Å². The molecule has 5 nitrogen and oxygen atoms in total. The predicted octanol–water partition coefficient (Wildman–Crippen LogP) is 2.99. The maximum Gasteiger partial charge on any atom is 0.416 e. The summed E-state index contributed by atoms with van der Waals surface area (Å²) >= 11 is 0. The molecule has 1 aromatic carbocycles. The van der Waals surface area contributed by atoms with Gasteiger partial charge in [0.2, 0.25) is 0 Å². The fourth-order valence-electron chi connectivity index (χ4n) is 2.23. The van der Waals surface area contributed by atoms with Gasteiger partial charge in [0, 0.05) is 18.5 Å². The lowest BCUT2D eigenvalue weighted by molar-refractivity contribution is -0.386. The van der Waals surface area contributed by atoms with Crippen LogP contribution in [0.5, 0.6) is 5.75 Å². The zero-order chi connectivity index (χ0) is 15.5. The summed E-state index contributed by atoms with van der Waals surface area (Å²) in [5.74, 6) is 0.0826. The third-order valence-corrected chi connectivity index (χ3v) is 3.36. The van der Waals surface area contributed by atoms with Crippen LogP contribution in [0.1, 0.15) is 18.4 Å². The van der Waals surface area contributed by atoms with Crippen molar-refractivity contribution in [3.8, 4) is 5.75 Å². The van der Waals surface area contributed by atoms with Crippen molar-refractivity contribution in [3.05, 3.63) is 33.9 Å². The van der Waals surface area contributed by atoms with Gasteiger partial charge in [0.15, 0.2) is 5.75 Å². The molecule has 1 saturated heterocycles. The van der Waals surface area contributed by atoms with Gasteiger partial charge in [-0.15, -0.1) is 0 Å². The number of alkyl halides is 3. The third-order valence-electron chi connectivity index (χ3n) is 3.36. The molecule has 1 unspecified atom stereocenters. The minimum absolute atomic E-state index is 0.126. The molecule has 21 heavy (non-hydrogen) atoms. The number of halogens is 3. The Morgan fingerprint density at radius 2 is 2.19 bits per heavy atom. The smallest absolute Gasteiger partial charge is 0.416 e. The van der Waals surface area contributed by atoms with Gasteiger partial charge in [-0.1, -0.05) is 0 Å². The summed E-state index contributed by atoms with van der Waals surface area (Å²) in [7, 11) is 0. The van der Waals surface area contributed by atoms with Crippen LogP contribution in [0.2, 0.25) is 0 Å². The van der Waals surface area contributed by atoms with E-state index in [1.165, 1.54) is 0 Å². The van der Waals surface area contributed by atoms with E-state index in [4.69, 9.17) is 4.74 Å². The van der Waals surface area contributed by atoms with Gasteiger partial charge < -0.3 is 10.1 Å². The van der Waals surface area contributed by atoms with Gasteiger partial charge in [-0.2, -0.15) is 13.2 Å². The molecule has 0 bridgehead atoms. The second kappa shape index (κ2) is 6.30. The molecule has 0 spiro atoms. The van der Waals surface area contributed by atoms with Crippen molar-refractivity contribution in [3.63, 3.8) is 0 Å². The average Bonchev–Trinajstić information content (AvgIpc) is 2.45. The summed E-state index contributed by atoms with van der Waals surface area (Å²) in [5.41, 5.74) is -1.71. The highest BCUT2D eigenvalue weighted by molar-refractivity contribution is 5.49. The Labute approximate surface area is 119 Å². The first-order chi connectivity index (χ1) is 9.88. The number of hydrogen-bond acceptors (Lipinski definition) is 4. The molecule has 1 aromatic rings. The van der Waals surface area contributed by atoms with Crippen LogP contribution >= 0.6 is 0 Å². The standard InChI is InChI=1S/C13H15F3N2O3/c14-13(15,16)10-3-4-12(11(6-10)18(19)20)21-8-9-2-1-5-17-7-9/h3-4,6,9,17H,1-2,5,7-8H2. The van der Waals surface area contributed by atoms with Gasteiger partial charge in [0.05, 0.1) is 17.1 Å². The molecular weight excluding hydrogens is 289 g/mol. The van der Waals surface area contributed by atoms with E-state index in [-0.39, 0.29) is 18.3 Å². The summed E-state index contributed by atoms with van der Waals surface area (Å²) in [5, 5.41) is 14.1. The van der Waals surface area contributed by atoms with Gasteiger partial charge in [0.25, 0.3) is 0 Å². The van der Waals surface area contributed by atoms with E-state index in [9.17, 15) is 23.3 Å². The van der Waals surface area contributed by atoms with Gasteiger partial charge in [-0.05, 0) is 31.5 Å². The quantitative estimate of drug-likeness (QED) is 0.686. The SMILES string of the molecule is O=[N+]([O-])c1cc(C(F)(F)F)ccc1OCC1CCCNC1. The second-order valence-corrected chi connectivity index (χ2v) is 4.96. The van der Waals surface area contributed by atoms with Crippen molar-refractivity contribution in [1.82, 2.24) is 5.32 Å². The molecule has 1 aliphatic heterocycles. The molecule has 116 valence electrons. The maximum absolute atomic E-state index is 12.6. The van der Waals surface area contributed by atoms with Crippen molar-refractivity contribution in [1.29, 1.82) is 0 Å². The Morgan fingerprint density at radius 1 is 1.43 bits per heavy atom. The Bertz CT molecular complexity index is 514. The number of nitro groups is 1. The monoisotopic (exact) mass is 304 g/mol. The normalized spacial score (nSPS) is 19.3. The van der Waals surface area contributed by atoms with E-state index in [1.54, 1.807) is 0 Å². The van der Waals surface area contributed by atoms with Crippen LogP contribution < -0.4 is 10.1 Å². The van der Waals surface area contributed by atoms with Crippen LogP contribution in [0.3, 0.4) is 0 Å². The molecule has 1 heterocycles. The molecule has 0 saturated carbocycles. The van der Waals surface area contributed by atoms with Crippen molar-refractivity contribution < 1.29 is 22.8 Å². The molecule has 0 amide bonds.